The van der Waals surface area contributed by atoms with Gasteiger partial charge in [-0.05, 0) is 41.8 Å². The predicted octanol–water partition coefficient (Wildman–Crippen LogP) is 3.38. The Balaban J connectivity index is 1.14. The first-order valence-corrected chi connectivity index (χ1v) is 10.5. The van der Waals surface area contributed by atoms with Crippen LogP contribution in [0.2, 0.25) is 0 Å². The molecule has 4 aromatic rings. The third kappa shape index (κ3) is 5.09. The van der Waals surface area contributed by atoms with E-state index in [0.29, 0.717) is 31.0 Å². The van der Waals surface area contributed by atoms with Gasteiger partial charge in [0.2, 0.25) is 12.7 Å². The molecule has 0 radical (unpaired) electrons. The second kappa shape index (κ2) is 9.39. The Bertz CT molecular complexity index is 1260. The number of anilines is 2. The highest BCUT2D eigenvalue weighted by Crippen LogP contribution is 2.32. The molecule has 5 rings (SSSR count). The van der Waals surface area contributed by atoms with Crippen molar-refractivity contribution in [1.82, 2.24) is 24.8 Å². The summed E-state index contributed by atoms with van der Waals surface area (Å²) in [5, 5.41) is 6.25. The van der Waals surface area contributed by atoms with Crippen LogP contribution in [-0.4, -0.2) is 32.2 Å². The average molecular weight is 442 g/mol. The number of nitrogens with one attached hydrogen (secondary N) is 2. The largest absolute Gasteiger partial charge is 0.454 e. The first-order valence-electron chi connectivity index (χ1n) is 10.5. The van der Waals surface area contributed by atoms with Gasteiger partial charge in [-0.15, -0.1) is 0 Å². The molecule has 0 fully saturated rings. The summed E-state index contributed by atoms with van der Waals surface area (Å²) in [6.45, 7) is 0.687. The Morgan fingerprint density at radius 2 is 1.97 bits per heavy atom. The van der Waals surface area contributed by atoms with Crippen molar-refractivity contribution in [3.05, 3.63) is 84.7 Å². The minimum absolute atomic E-state index is 0.00759. The molecule has 0 bridgehead atoms. The molecule has 3 heterocycles. The zero-order valence-corrected chi connectivity index (χ0v) is 17.8. The summed E-state index contributed by atoms with van der Waals surface area (Å²) in [5.41, 5.74) is 2.92. The maximum atomic E-state index is 12.3. The van der Waals surface area contributed by atoms with Crippen LogP contribution in [0.25, 0.3) is 5.82 Å². The fraction of sp³-hybridized carbons (Fsp3) is 0.167. The minimum Gasteiger partial charge on any atom is -0.454 e. The van der Waals surface area contributed by atoms with Gasteiger partial charge in [0, 0.05) is 37.1 Å². The summed E-state index contributed by atoms with van der Waals surface area (Å²) in [6, 6.07) is 15.5. The Kier molecular flexibility index (Phi) is 5.83. The number of aryl methyl sites for hydroxylation is 1. The number of benzene rings is 2. The maximum absolute atomic E-state index is 12.3. The molecule has 2 N–H and O–H groups in total. The van der Waals surface area contributed by atoms with Gasteiger partial charge in [0.15, 0.2) is 11.5 Å². The molecule has 33 heavy (non-hydrogen) atoms. The van der Waals surface area contributed by atoms with Crippen molar-refractivity contribution in [3.8, 4) is 17.3 Å². The molecule has 9 nitrogen and oxygen atoms in total. The van der Waals surface area contributed by atoms with Crippen molar-refractivity contribution in [2.45, 2.75) is 19.4 Å². The van der Waals surface area contributed by atoms with Crippen LogP contribution in [0.15, 0.2) is 73.6 Å². The van der Waals surface area contributed by atoms with Crippen LogP contribution in [0.1, 0.15) is 17.5 Å². The molecule has 2 aromatic heterocycles. The smallest absolute Gasteiger partial charge is 0.231 e. The third-order valence-electron chi connectivity index (χ3n) is 5.19. The fourth-order valence-corrected chi connectivity index (χ4v) is 3.50. The number of imidazole rings is 1. The quantitative estimate of drug-likeness (QED) is 0.431. The Morgan fingerprint density at radius 1 is 1.03 bits per heavy atom. The lowest BCUT2D eigenvalue weighted by Crippen LogP contribution is -2.22. The Morgan fingerprint density at radius 3 is 2.88 bits per heavy atom. The fourth-order valence-electron chi connectivity index (χ4n) is 3.50. The molecule has 1 amide bonds. The van der Waals surface area contributed by atoms with E-state index >= 15 is 0 Å². The van der Waals surface area contributed by atoms with Gasteiger partial charge >= 0.3 is 0 Å². The number of ether oxygens (including phenoxy) is 2. The summed E-state index contributed by atoms with van der Waals surface area (Å²) in [5.74, 6) is 2.84. The van der Waals surface area contributed by atoms with E-state index in [0.717, 1.165) is 28.4 Å². The van der Waals surface area contributed by atoms with E-state index < -0.39 is 0 Å². The van der Waals surface area contributed by atoms with E-state index in [1.165, 1.54) is 6.33 Å². The molecule has 166 valence electrons. The second-order valence-electron chi connectivity index (χ2n) is 7.52. The van der Waals surface area contributed by atoms with Crippen LogP contribution < -0.4 is 20.1 Å². The summed E-state index contributed by atoms with van der Waals surface area (Å²) in [6.07, 6.45) is 7.74. The van der Waals surface area contributed by atoms with E-state index in [4.69, 9.17) is 9.47 Å². The Labute approximate surface area is 190 Å². The van der Waals surface area contributed by atoms with E-state index in [-0.39, 0.29) is 12.7 Å². The normalized spacial score (nSPS) is 11.9. The summed E-state index contributed by atoms with van der Waals surface area (Å²) in [4.78, 5) is 24.9. The van der Waals surface area contributed by atoms with Gasteiger partial charge < -0.3 is 20.1 Å². The lowest BCUT2D eigenvalue weighted by Gasteiger charge is -2.10. The van der Waals surface area contributed by atoms with Gasteiger partial charge in [0.05, 0.1) is 0 Å². The summed E-state index contributed by atoms with van der Waals surface area (Å²) < 4.78 is 12.5. The first kappa shape index (κ1) is 20.5. The highest BCUT2D eigenvalue weighted by atomic mass is 16.7. The molecule has 9 heteroatoms. The first-order chi connectivity index (χ1) is 16.2. The standard InChI is InChI=1S/C24H22N6O3/c31-24(26-13-18-4-6-20-21(11-18)33-16-32-20)7-5-17-2-1-3-19(10-17)29-22-12-23(28-14-27-22)30-9-8-25-15-30/h1-4,6,8-12,14-15H,5,7,13,16H2,(H,26,31)(H,27,28,29). The summed E-state index contributed by atoms with van der Waals surface area (Å²) in [7, 11) is 0. The predicted molar refractivity (Wildman–Crippen MR) is 122 cm³/mol. The van der Waals surface area contributed by atoms with Gasteiger partial charge in [-0.1, -0.05) is 18.2 Å². The molecule has 2 aromatic carbocycles. The number of fused-ring (bicyclic) bond motifs is 1. The monoisotopic (exact) mass is 442 g/mol. The lowest BCUT2D eigenvalue weighted by molar-refractivity contribution is -0.121. The molecular formula is C24H22N6O3. The van der Waals surface area contributed by atoms with Crippen LogP contribution in [-0.2, 0) is 17.8 Å². The molecule has 1 aliphatic rings. The number of carbonyl (C=O) groups is 1. The second-order valence-corrected chi connectivity index (χ2v) is 7.52. The van der Waals surface area contributed by atoms with E-state index in [1.54, 1.807) is 12.5 Å². The number of hydrogen-bond acceptors (Lipinski definition) is 7. The number of nitrogens with zero attached hydrogens (tertiary/aromatic N) is 4. The maximum Gasteiger partial charge on any atom is 0.231 e. The van der Waals surface area contributed by atoms with Crippen LogP contribution in [0, 0.1) is 0 Å². The van der Waals surface area contributed by atoms with Crippen molar-refractivity contribution < 1.29 is 14.3 Å². The SMILES string of the molecule is O=C(CCc1cccc(Nc2cc(-n3ccnc3)ncn2)c1)NCc1ccc2c(c1)OCO2. The molecule has 0 aliphatic carbocycles. The van der Waals surface area contributed by atoms with Gasteiger partial charge in [-0.25, -0.2) is 15.0 Å². The van der Waals surface area contributed by atoms with Crippen molar-refractivity contribution in [2.24, 2.45) is 0 Å². The molecule has 0 unspecified atom stereocenters. The number of rotatable bonds is 8. The van der Waals surface area contributed by atoms with Crippen molar-refractivity contribution >= 4 is 17.4 Å². The van der Waals surface area contributed by atoms with Crippen LogP contribution in [0.4, 0.5) is 11.5 Å². The summed E-state index contributed by atoms with van der Waals surface area (Å²) >= 11 is 0. The molecule has 0 spiro atoms. The molecular weight excluding hydrogens is 420 g/mol. The van der Waals surface area contributed by atoms with Crippen molar-refractivity contribution in [3.63, 3.8) is 0 Å². The van der Waals surface area contributed by atoms with Gasteiger partial charge in [0.1, 0.15) is 24.3 Å². The van der Waals surface area contributed by atoms with Crippen molar-refractivity contribution in [2.75, 3.05) is 12.1 Å². The highest BCUT2D eigenvalue weighted by Gasteiger charge is 2.13. The van der Waals surface area contributed by atoms with Crippen LogP contribution in [0.5, 0.6) is 11.5 Å². The number of amides is 1. The van der Waals surface area contributed by atoms with Crippen LogP contribution >= 0.6 is 0 Å². The molecule has 1 aliphatic heterocycles. The highest BCUT2D eigenvalue weighted by molar-refractivity contribution is 5.76. The zero-order valence-electron chi connectivity index (χ0n) is 17.8. The van der Waals surface area contributed by atoms with E-state index in [9.17, 15) is 4.79 Å². The zero-order chi connectivity index (χ0) is 22.5. The third-order valence-corrected chi connectivity index (χ3v) is 5.19. The van der Waals surface area contributed by atoms with Crippen LogP contribution in [0.3, 0.4) is 0 Å². The Hall–Kier alpha value is -4.40. The molecule has 0 atom stereocenters. The molecule has 0 saturated carbocycles. The minimum atomic E-state index is -0.00759. The van der Waals surface area contributed by atoms with Crippen molar-refractivity contribution in [1.29, 1.82) is 0 Å². The number of hydrogen-bond donors (Lipinski definition) is 2. The van der Waals surface area contributed by atoms with Gasteiger partial charge in [0.25, 0.3) is 0 Å². The van der Waals surface area contributed by atoms with E-state index in [1.807, 2.05) is 59.3 Å². The average Bonchev–Trinajstić information content (AvgIpc) is 3.54. The molecule has 0 saturated heterocycles. The topological polar surface area (TPSA) is 103 Å². The number of aromatic nitrogens is 4. The number of carbonyl (C=O) groups excluding carboxylic acids is 1. The van der Waals surface area contributed by atoms with E-state index in [2.05, 4.69) is 25.6 Å². The van der Waals surface area contributed by atoms with Gasteiger partial charge in [-0.2, -0.15) is 0 Å². The lowest BCUT2D eigenvalue weighted by atomic mass is 10.1. The van der Waals surface area contributed by atoms with Gasteiger partial charge in [-0.3, -0.25) is 9.36 Å².